The number of rotatable bonds is 8. The molecule has 1 rings (SSSR count). The number of hydrogen-bond acceptors (Lipinski definition) is 9. The third-order valence-electron chi connectivity index (χ3n) is 3.65. The van der Waals surface area contributed by atoms with E-state index in [-0.39, 0.29) is 12.2 Å². The first-order valence-corrected chi connectivity index (χ1v) is 7.68. The summed E-state index contributed by atoms with van der Waals surface area (Å²) in [7, 11) is 0.987. The van der Waals surface area contributed by atoms with E-state index >= 15 is 0 Å². The largest absolute Gasteiger partial charge is 0.468 e. The van der Waals surface area contributed by atoms with Crippen LogP contribution in [0.5, 0.6) is 0 Å². The maximum absolute atomic E-state index is 12.2. The number of esters is 2. The van der Waals surface area contributed by atoms with Crippen molar-refractivity contribution in [3.8, 4) is 0 Å². The van der Waals surface area contributed by atoms with Crippen molar-refractivity contribution in [3.63, 3.8) is 0 Å². The number of nitrogens with zero attached hydrogens (tertiary/aromatic N) is 2. The Morgan fingerprint density at radius 1 is 1.26 bits per heavy atom. The molecule has 0 saturated carbocycles. The summed E-state index contributed by atoms with van der Waals surface area (Å²) in [5.74, 6) is -6.57. The fraction of sp³-hybridized carbons (Fsp3) is 0.375. The van der Waals surface area contributed by atoms with Gasteiger partial charge in [0.05, 0.1) is 18.6 Å². The number of nitro benzene ring substituents is 1. The Kier molecular flexibility index (Phi) is 7.39. The van der Waals surface area contributed by atoms with Crippen molar-refractivity contribution in [2.75, 3.05) is 13.7 Å². The first-order chi connectivity index (χ1) is 12.6. The molecule has 0 aliphatic rings. The molecule has 146 valence electrons. The molecule has 0 spiro atoms. The number of carbonyl (C=O) groups is 3. The zero-order chi connectivity index (χ0) is 20.7. The van der Waals surface area contributed by atoms with Crippen LogP contribution in [0.2, 0.25) is 0 Å². The summed E-state index contributed by atoms with van der Waals surface area (Å²) in [6.07, 6.45) is 0. The summed E-state index contributed by atoms with van der Waals surface area (Å²) in [4.78, 5) is 45.9. The van der Waals surface area contributed by atoms with Crippen LogP contribution in [0.4, 0.5) is 5.69 Å². The number of carbonyl (C=O) groups excluding carboxylic acids is 3. The van der Waals surface area contributed by atoms with Crippen molar-refractivity contribution >= 4 is 29.1 Å². The van der Waals surface area contributed by atoms with Gasteiger partial charge in [0, 0.05) is 17.0 Å². The molecule has 1 N–H and O–H groups in total. The summed E-state index contributed by atoms with van der Waals surface area (Å²) in [5, 5.41) is 32.2. The second-order valence-electron chi connectivity index (χ2n) is 5.32. The second-order valence-corrected chi connectivity index (χ2v) is 5.32. The standard InChI is InChI=1S/C16H18N2O9/c1-4-27-16(21)14(18(24)25)13(12(9(2)19)15(20)26-3)10-6-5-7-11(8-10)17(22)23/h5-8,12-13H,4H2,1-3H3,(H,24,25). The van der Waals surface area contributed by atoms with E-state index in [1.54, 1.807) is 0 Å². The molecule has 0 aromatic heterocycles. The summed E-state index contributed by atoms with van der Waals surface area (Å²) in [6, 6.07) is 4.62. The molecule has 0 fully saturated rings. The predicted molar refractivity (Wildman–Crippen MR) is 89.1 cm³/mol. The molecule has 11 nitrogen and oxygen atoms in total. The number of ether oxygens (including phenoxy) is 2. The Labute approximate surface area is 153 Å². The number of nitro groups is 1. The van der Waals surface area contributed by atoms with Crippen molar-refractivity contribution in [3.05, 3.63) is 45.2 Å². The van der Waals surface area contributed by atoms with Gasteiger partial charge in [-0.3, -0.25) is 24.9 Å². The fourth-order valence-electron chi connectivity index (χ4n) is 2.53. The molecule has 1 aromatic carbocycles. The molecule has 0 aliphatic carbocycles. The SMILES string of the molecule is CCOC(=O)C(C(c1cccc([N+](=O)[O-])c1)C(C(C)=O)C(=O)OC)=[N+]([O-])O. The van der Waals surface area contributed by atoms with Crippen molar-refractivity contribution in [1.29, 1.82) is 0 Å². The van der Waals surface area contributed by atoms with Gasteiger partial charge >= 0.3 is 17.7 Å². The topological polar surface area (TPSA) is 159 Å². The zero-order valence-corrected chi connectivity index (χ0v) is 14.8. The van der Waals surface area contributed by atoms with Gasteiger partial charge in [-0.05, 0) is 19.4 Å². The van der Waals surface area contributed by atoms with Crippen LogP contribution in [-0.2, 0) is 23.9 Å². The highest BCUT2D eigenvalue weighted by Gasteiger charge is 2.46. The molecule has 1 aromatic rings. The minimum Gasteiger partial charge on any atom is -0.468 e. The molecule has 0 aliphatic heterocycles. The van der Waals surface area contributed by atoms with E-state index in [9.17, 15) is 34.9 Å². The van der Waals surface area contributed by atoms with E-state index < -0.39 is 50.8 Å². The second kappa shape index (κ2) is 9.27. The summed E-state index contributed by atoms with van der Waals surface area (Å²) >= 11 is 0. The van der Waals surface area contributed by atoms with Gasteiger partial charge in [-0.1, -0.05) is 12.1 Å². The number of Topliss-reactive ketones (excluding diaryl/α,β-unsaturated/α-hetero) is 1. The maximum Gasteiger partial charge on any atom is 0.405 e. The van der Waals surface area contributed by atoms with E-state index in [0.717, 1.165) is 26.2 Å². The Morgan fingerprint density at radius 3 is 2.33 bits per heavy atom. The van der Waals surface area contributed by atoms with Gasteiger partial charge in [0.15, 0.2) is 0 Å². The first kappa shape index (κ1) is 21.5. The Balaban J connectivity index is 3.75. The lowest BCUT2D eigenvalue weighted by molar-refractivity contribution is -0.726. The van der Waals surface area contributed by atoms with Gasteiger partial charge in [0.2, 0.25) is 0 Å². The third-order valence-corrected chi connectivity index (χ3v) is 3.65. The van der Waals surface area contributed by atoms with Crippen LogP contribution < -0.4 is 0 Å². The quantitative estimate of drug-likeness (QED) is 0.131. The maximum atomic E-state index is 12.2. The third kappa shape index (κ3) is 5.00. The number of non-ortho nitro benzene ring substituents is 1. The summed E-state index contributed by atoms with van der Waals surface area (Å²) < 4.78 is 9.28. The monoisotopic (exact) mass is 382 g/mol. The van der Waals surface area contributed by atoms with Gasteiger partial charge in [-0.2, -0.15) is 0 Å². The van der Waals surface area contributed by atoms with Crippen molar-refractivity contribution in [2.24, 2.45) is 5.92 Å². The average Bonchev–Trinajstić information content (AvgIpc) is 2.60. The number of ketones is 1. The van der Waals surface area contributed by atoms with Crippen molar-refractivity contribution in [1.82, 2.24) is 0 Å². The van der Waals surface area contributed by atoms with E-state index in [2.05, 4.69) is 4.74 Å². The first-order valence-electron chi connectivity index (χ1n) is 7.68. The van der Waals surface area contributed by atoms with Gasteiger partial charge < -0.3 is 14.7 Å². The molecule has 11 heteroatoms. The summed E-state index contributed by atoms with van der Waals surface area (Å²) in [5.41, 5.74) is -1.50. The van der Waals surface area contributed by atoms with E-state index in [0.29, 0.717) is 0 Å². The number of hydrogen-bond donors (Lipinski definition) is 1. The molecule has 0 heterocycles. The Hall–Kier alpha value is -3.50. The molecule has 0 amide bonds. The van der Waals surface area contributed by atoms with E-state index in [1.165, 1.54) is 19.1 Å². The van der Waals surface area contributed by atoms with E-state index in [1.807, 2.05) is 0 Å². The van der Waals surface area contributed by atoms with Crippen LogP contribution in [0.1, 0.15) is 25.3 Å². The highest BCUT2D eigenvalue weighted by Crippen LogP contribution is 2.31. The molecule has 2 unspecified atom stereocenters. The van der Waals surface area contributed by atoms with Crippen molar-refractivity contribution < 1.29 is 38.9 Å². The van der Waals surface area contributed by atoms with Gasteiger partial charge in [0.25, 0.3) is 5.69 Å². The lowest BCUT2D eigenvalue weighted by Gasteiger charge is -2.21. The van der Waals surface area contributed by atoms with Crippen LogP contribution in [-0.4, -0.2) is 52.2 Å². The Bertz CT molecular complexity index is 784. The summed E-state index contributed by atoms with van der Waals surface area (Å²) in [6.45, 7) is 2.29. The normalized spacial score (nSPS) is 13.7. The molecule has 27 heavy (non-hydrogen) atoms. The van der Waals surface area contributed by atoms with E-state index in [4.69, 9.17) is 4.74 Å². The predicted octanol–water partition coefficient (Wildman–Crippen LogP) is 0.960. The van der Waals surface area contributed by atoms with Gasteiger partial charge in [-0.15, -0.1) is 0 Å². The molecule has 0 radical (unpaired) electrons. The smallest absolute Gasteiger partial charge is 0.405 e. The molecular formula is C16H18N2O9. The lowest BCUT2D eigenvalue weighted by Crippen LogP contribution is -2.41. The van der Waals surface area contributed by atoms with Crippen LogP contribution in [0.15, 0.2) is 24.3 Å². The molecule has 0 bridgehead atoms. The van der Waals surface area contributed by atoms with Crippen LogP contribution in [0.3, 0.4) is 0 Å². The molecule has 0 saturated heterocycles. The highest BCUT2D eigenvalue weighted by molar-refractivity contribution is 6.37. The number of benzene rings is 1. The highest BCUT2D eigenvalue weighted by atomic mass is 16.8. The van der Waals surface area contributed by atoms with Crippen LogP contribution >= 0.6 is 0 Å². The Morgan fingerprint density at radius 2 is 1.89 bits per heavy atom. The van der Waals surface area contributed by atoms with Gasteiger partial charge in [0.1, 0.15) is 17.6 Å². The molecular weight excluding hydrogens is 364 g/mol. The van der Waals surface area contributed by atoms with Gasteiger partial charge in [-0.25, -0.2) is 4.79 Å². The fourth-order valence-corrected chi connectivity index (χ4v) is 2.53. The minimum atomic E-state index is -1.72. The van der Waals surface area contributed by atoms with Crippen LogP contribution in [0, 0.1) is 21.2 Å². The zero-order valence-electron chi connectivity index (χ0n) is 14.8. The van der Waals surface area contributed by atoms with Crippen molar-refractivity contribution in [2.45, 2.75) is 19.8 Å². The lowest BCUT2D eigenvalue weighted by atomic mass is 9.80. The number of methoxy groups -OCH3 is 1. The molecule has 2 atom stereocenters. The minimum absolute atomic E-state index is 0.104. The average molecular weight is 382 g/mol. The van der Waals surface area contributed by atoms with Crippen LogP contribution in [0.25, 0.3) is 0 Å².